The van der Waals surface area contributed by atoms with Crippen LogP contribution in [0.3, 0.4) is 0 Å². The van der Waals surface area contributed by atoms with Gasteiger partial charge in [-0.15, -0.1) is 11.3 Å². The number of nitrogens with zero attached hydrogens (tertiary/aromatic N) is 2. The second-order valence-corrected chi connectivity index (χ2v) is 6.24. The third kappa shape index (κ3) is 2.55. The molecule has 1 aliphatic rings. The first-order chi connectivity index (χ1) is 8.83. The molecule has 18 heavy (non-hydrogen) atoms. The van der Waals surface area contributed by atoms with Gasteiger partial charge in [-0.2, -0.15) is 10.2 Å². The molecule has 0 bridgehead atoms. The van der Waals surface area contributed by atoms with Gasteiger partial charge in [0.15, 0.2) is 0 Å². The molecule has 2 aromatic heterocycles. The number of thiophene rings is 1. The molecular weight excluding hydrogens is 266 g/mol. The second kappa shape index (κ2) is 5.34. The molecule has 0 aromatic carbocycles. The van der Waals surface area contributed by atoms with Gasteiger partial charge in [0.05, 0.1) is 10.0 Å². The minimum Gasteiger partial charge on any atom is -0.304 e. The van der Waals surface area contributed by atoms with Crippen molar-refractivity contribution in [1.29, 1.82) is 0 Å². The zero-order valence-corrected chi connectivity index (χ0v) is 11.5. The Labute approximate surface area is 115 Å². The summed E-state index contributed by atoms with van der Waals surface area (Å²) in [5.74, 6) is 0. The highest BCUT2D eigenvalue weighted by molar-refractivity contribution is 7.16. The first-order valence-corrected chi connectivity index (χ1v) is 7.30. The number of aromatic nitrogens is 2. The van der Waals surface area contributed by atoms with E-state index in [-0.39, 0.29) is 0 Å². The number of fused-ring (bicyclic) bond motifs is 1. The lowest BCUT2D eigenvalue weighted by atomic mass is 9.94. The van der Waals surface area contributed by atoms with E-state index in [0.717, 1.165) is 23.0 Å². The van der Waals surface area contributed by atoms with Crippen molar-refractivity contribution in [3.05, 3.63) is 44.9 Å². The molecular formula is C13H14ClN3S. The predicted octanol–water partition coefficient (Wildman–Crippen LogP) is 3.36. The standard InChI is InChI=1S/C13H14ClN3S/c14-13-7-10-11(4-1-5-12(10)18-13)15-8-9-3-2-6-16-17-9/h2-3,6-7,11,15H,1,4-5,8H2. The fourth-order valence-electron chi connectivity index (χ4n) is 2.39. The van der Waals surface area contributed by atoms with E-state index in [4.69, 9.17) is 11.6 Å². The van der Waals surface area contributed by atoms with E-state index in [1.165, 1.54) is 23.3 Å². The van der Waals surface area contributed by atoms with Crippen LogP contribution in [0.25, 0.3) is 0 Å². The monoisotopic (exact) mass is 279 g/mol. The third-order valence-electron chi connectivity index (χ3n) is 3.24. The Balaban J connectivity index is 1.71. The number of nitrogens with one attached hydrogen (secondary N) is 1. The van der Waals surface area contributed by atoms with Crippen LogP contribution in [0.1, 0.15) is 35.0 Å². The molecule has 0 aliphatic heterocycles. The molecule has 1 atom stereocenters. The van der Waals surface area contributed by atoms with Crippen molar-refractivity contribution < 1.29 is 0 Å². The maximum absolute atomic E-state index is 6.10. The summed E-state index contributed by atoms with van der Waals surface area (Å²) in [6, 6.07) is 6.41. The van der Waals surface area contributed by atoms with Crippen LogP contribution in [0, 0.1) is 0 Å². The number of hydrogen-bond acceptors (Lipinski definition) is 4. The summed E-state index contributed by atoms with van der Waals surface area (Å²) >= 11 is 7.81. The van der Waals surface area contributed by atoms with Gasteiger partial charge in [-0.05, 0) is 43.0 Å². The first kappa shape index (κ1) is 12.1. The van der Waals surface area contributed by atoms with E-state index in [2.05, 4.69) is 21.6 Å². The second-order valence-electron chi connectivity index (χ2n) is 4.47. The summed E-state index contributed by atoms with van der Waals surface area (Å²) in [4.78, 5) is 1.43. The first-order valence-electron chi connectivity index (χ1n) is 6.11. The SMILES string of the molecule is Clc1cc2c(s1)CCCC2NCc1cccnn1. The van der Waals surface area contributed by atoms with E-state index >= 15 is 0 Å². The van der Waals surface area contributed by atoms with Crippen LogP contribution in [0.2, 0.25) is 4.34 Å². The van der Waals surface area contributed by atoms with Gasteiger partial charge < -0.3 is 5.32 Å². The molecule has 1 N–H and O–H groups in total. The van der Waals surface area contributed by atoms with Crippen molar-refractivity contribution >= 4 is 22.9 Å². The average molecular weight is 280 g/mol. The van der Waals surface area contributed by atoms with Gasteiger partial charge >= 0.3 is 0 Å². The van der Waals surface area contributed by atoms with Crippen LogP contribution in [-0.2, 0) is 13.0 Å². The van der Waals surface area contributed by atoms with Crippen LogP contribution in [0.5, 0.6) is 0 Å². The van der Waals surface area contributed by atoms with Crippen LogP contribution < -0.4 is 5.32 Å². The summed E-state index contributed by atoms with van der Waals surface area (Å²) < 4.78 is 0.896. The fraction of sp³-hybridized carbons (Fsp3) is 0.385. The van der Waals surface area contributed by atoms with Gasteiger partial charge in [0.1, 0.15) is 0 Å². The zero-order chi connectivity index (χ0) is 12.4. The number of rotatable bonds is 3. The minimum atomic E-state index is 0.402. The van der Waals surface area contributed by atoms with E-state index < -0.39 is 0 Å². The molecule has 2 heterocycles. The topological polar surface area (TPSA) is 37.8 Å². The summed E-state index contributed by atoms with van der Waals surface area (Å²) in [7, 11) is 0. The summed E-state index contributed by atoms with van der Waals surface area (Å²) in [5.41, 5.74) is 2.35. The van der Waals surface area contributed by atoms with E-state index in [1.54, 1.807) is 17.5 Å². The van der Waals surface area contributed by atoms with Gasteiger partial charge in [-0.25, -0.2) is 0 Å². The predicted molar refractivity (Wildman–Crippen MR) is 73.9 cm³/mol. The van der Waals surface area contributed by atoms with Crippen molar-refractivity contribution in [2.75, 3.05) is 0 Å². The van der Waals surface area contributed by atoms with Gasteiger partial charge in [0, 0.05) is 23.7 Å². The smallest absolute Gasteiger partial charge is 0.0934 e. The average Bonchev–Trinajstić information content (AvgIpc) is 2.78. The number of halogens is 1. The van der Waals surface area contributed by atoms with Crippen molar-refractivity contribution in [3.8, 4) is 0 Å². The molecule has 3 nitrogen and oxygen atoms in total. The van der Waals surface area contributed by atoms with Crippen LogP contribution in [-0.4, -0.2) is 10.2 Å². The van der Waals surface area contributed by atoms with Crippen molar-refractivity contribution in [3.63, 3.8) is 0 Å². The molecule has 0 fully saturated rings. The lowest BCUT2D eigenvalue weighted by Gasteiger charge is -2.23. The van der Waals surface area contributed by atoms with Crippen LogP contribution in [0.4, 0.5) is 0 Å². The minimum absolute atomic E-state index is 0.402. The molecule has 0 spiro atoms. The Kier molecular flexibility index (Phi) is 3.59. The van der Waals surface area contributed by atoms with Crippen LogP contribution in [0.15, 0.2) is 24.4 Å². The highest BCUT2D eigenvalue weighted by Crippen LogP contribution is 2.37. The number of aryl methyl sites for hydroxylation is 1. The molecule has 5 heteroatoms. The lowest BCUT2D eigenvalue weighted by molar-refractivity contribution is 0.459. The Bertz CT molecular complexity index is 526. The third-order valence-corrected chi connectivity index (χ3v) is 4.58. The van der Waals surface area contributed by atoms with E-state index in [1.807, 2.05) is 12.1 Å². The Hall–Kier alpha value is -0.970. The maximum atomic E-state index is 6.10. The van der Waals surface area contributed by atoms with Crippen molar-refractivity contribution in [2.45, 2.75) is 31.8 Å². The van der Waals surface area contributed by atoms with Gasteiger partial charge in [0.2, 0.25) is 0 Å². The lowest BCUT2D eigenvalue weighted by Crippen LogP contribution is -2.24. The summed E-state index contributed by atoms with van der Waals surface area (Å²) in [6.45, 7) is 0.755. The fourth-order valence-corrected chi connectivity index (χ4v) is 3.77. The molecule has 0 saturated carbocycles. The van der Waals surface area contributed by atoms with Crippen LogP contribution >= 0.6 is 22.9 Å². The molecule has 94 valence electrons. The highest BCUT2D eigenvalue weighted by atomic mass is 35.5. The Morgan fingerprint density at radius 2 is 2.44 bits per heavy atom. The Morgan fingerprint density at radius 1 is 1.50 bits per heavy atom. The molecule has 0 saturated heterocycles. The largest absolute Gasteiger partial charge is 0.304 e. The molecule has 1 aliphatic carbocycles. The quantitative estimate of drug-likeness (QED) is 0.936. The molecule has 1 unspecified atom stereocenters. The highest BCUT2D eigenvalue weighted by Gasteiger charge is 2.22. The van der Waals surface area contributed by atoms with E-state index in [9.17, 15) is 0 Å². The summed E-state index contributed by atoms with van der Waals surface area (Å²) in [5, 5.41) is 11.5. The van der Waals surface area contributed by atoms with Crippen molar-refractivity contribution in [1.82, 2.24) is 15.5 Å². The molecule has 0 radical (unpaired) electrons. The molecule has 3 rings (SSSR count). The number of hydrogen-bond donors (Lipinski definition) is 1. The normalized spacial score (nSPS) is 18.6. The van der Waals surface area contributed by atoms with Gasteiger partial charge in [0.25, 0.3) is 0 Å². The molecule has 2 aromatic rings. The van der Waals surface area contributed by atoms with Gasteiger partial charge in [-0.1, -0.05) is 11.6 Å². The summed E-state index contributed by atoms with van der Waals surface area (Å²) in [6.07, 6.45) is 5.25. The maximum Gasteiger partial charge on any atom is 0.0934 e. The zero-order valence-electron chi connectivity index (χ0n) is 9.90. The van der Waals surface area contributed by atoms with Gasteiger partial charge in [-0.3, -0.25) is 0 Å². The molecule has 0 amide bonds. The van der Waals surface area contributed by atoms with Crippen molar-refractivity contribution in [2.24, 2.45) is 0 Å². The Morgan fingerprint density at radius 3 is 3.28 bits per heavy atom. The van der Waals surface area contributed by atoms with E-state index in [0.29, 0.717) is 6.04 Å².